The maximum absolute atomic E-state index is 5.72. The zero-order chi connectivity index (χ0) is 21.0. The van der Waals surface area contributed by atoms with Crippen LogP contribution in [0.15, 0.2) is 24.3 Å². The summed E-state index contributed by atoms with van der Waals surface area (Å²) in [5.74, 6) is 1.29. The highest BCUT2D eigenvalue weighted by molar-refractivity contribution is 5.90. The lowest BCUT2D eigenvalue weighted by Gasteiger charge is -2.46. The Morgan fingerprint density at radius 3 is 2.77 bits per heavy atom. The Labute approximate surface area is 180 Å². The predicted molar refractivity (Wildman–Crippen MR) is 117 cm³/mol. The Balaban J connectivity index is 1.27. The molecule has 160 valence electrons. The molecule has 2 aromatic heterocycles. The second-order valence-electron chi connectivity index (χ2n) is 9.03. The Morgan fingerprint density at radius 2 is 2.03 bits per heavy atom. The van der Waals surface area contributed by atoms with E-state index in [1.54, 1.807) is 11.8 Å². The molecule has 6 rings (SSSR count). The number of nitrogens with zero attached hydrogens (tertiary/aromatic N) is 5. The average molecular weight is 419 g/mol. The van der Waals surface area contributed by atoms with Gasteiger partial charge in [-0.1, -0.05) is 17.4 Å². The van der Waals surface area contributed by atoms with Gasteiger partial charge in [-0.3, -0.25) is 0 Å². The van der Waals surface area contributed by atoms with Crippen LogP contribution in [-0.2, 0) is 18.2 Å². The lowest BCUT2D eigenvalue weighted by molar-refractivity contribution is -0.131. The fourth-order valence-corrected chi connectivity index (χ4v) is 5.11. The number of allylic oxidation sites excluding steroid dienone is 1. The van der Waals surface area contributed by atoms with E-state index >= 15 is 0 Å². The Kier molecular flexibility index (Phi) is 4.24. The van der Waals surface area contributed by atoms with Crippen LogP contribution in [0.25, 0.3) is 16.6 Å². The molecule has 3 heterocycles. The van der Waals surface area contributed by atoms with Crippen molar-refractivity contribution < 1.29 is 9.47 Å². The van der Waals surface area contributed by atoms with E-state index in [1.165, 1.54) is 12.8 Å². The van der Waals surface area contributed by atoms with Crippen molar-refractivity contribution in [2.75, 3.05) is 25.6 Å². The first-order valence-electron chi connectivity index (χ1n) is 10.9. The minimum absolute atomic E-state index is 0.405. The number of aromatic nitrogens is 5. The van der Waals surface area contributed by atoms with E-state index in [4.69, 9.17) is 19.4 Å². The third kappa shape index (κ3) is 3.08. The van der Waals surface area contributed by atoms with Crippen LogP contribution in [0.2, 0.25) is 0 Å². The number of hydrogen-bond donors (Lipinski definition) is 1. The van der Waals surface area contributed by atoms with Gasteiger partial charge in [-0.25, -0.2) is 9.67 Å². The van der Waals surface area contributed by atoms with Crippen LogP contribution in [0.1, 0.15) is 42.5 Å². The summed E-state index contributed by atoms with van der Waals surface area (Å²) in [6.07, 6.45) is 7.67. The van der Waals surface area contributed by atoms with Gasteiger partial charge < -0.3 is 14.8 Å². The molecule has 8 nitrogen and oxygen atoms in total. The molecule has 0 radical (unpaired) electrons. The van der Waals surface area contributed by atoms with Crippen LogP contribution in [0.4, 0.5) is 5.95 Å². The first-order valence-corrected chi connectivity index (χ1v) is 10.9. The van der Waals surface area contributed by atoms with Crippen molar-refractivity contribution in [3.63, 3.8) is 0 Å². The molecule has 0 amide bonds. The normalized spacial score (nSPS) is 19.9. The third-order valence-electron chi connectivity index (χ3n) is 7.03. The molecular weight excluding hydrogens is 392 g/mol. The van der Waals surface area contributed by atoms with Crippen molar-refractivity contribution in [1.29, 1.82) is 0 Å². The molecule has 8 heteroatoms. The fraction of sp³-hybridized carbons (Fsp3) is 0.478. The minimum Gasteiger partial charge on any atom is -0.480 e. The second-order valence-corrected chi connectivity index (χ2v) is 9.03. The van der Waals surface area contributed by atoms with E-state index in [-0.39, 0.29) is 0 Å². The molecule has 1 aliphatic heterocycles. The summed E-state index contributed by atoms with van der Waals surface area (Å²) >= 11 is 0. The molecule has 1 saturated heterocycles. The summed E-state index contributed by atoms with van der Waals surface area (Å²) in [5.41, 5.74) is 6.51. The van der Waals surface area contributed by atoms with Crippen LogP contribution in [0.5, 0.6) is 5.88 Å². The van der Waals surface area contributed by atoms with E-state index in [1.807, 2.05) is 13.1 Å². The minimum atomic E-state index is 0.405. The van der Waals surface area contributed by atoms with Crippen molar-refractivity contribution in [3.05, 3.63) is 41.1 Å². The number of fused-ring (bicyclic) bond motifs is 2. The number of rotatable bonds is 4. The van der Waals surface area contributed by atoms with Crippen LogP contribution >= 0.6 is 0 Å². The first-order chi connectivity index (χ1) is 15.1. The number of methoxy groups -OCH3 is 1. The number of benzene rings is 1. The standard InChI is InChI=1S/C23H26N6O2/c1-29-19-11-14(3-5-17(19)27-28-29)16-4-6-18-20(16)21(30-2)26-22(25-18)24-15-7-9-23(10-8-15)12-31-13-23/h3-5,11,15H,6-10,12-13H2,1-2H3,(H,24,25,26). The number of aryl methyl sites for hydroxylation is 1. The average Bonchev–Trinajstić information content (AvgIpc) is 3.36. The number of anilines is 1. The van der Waals surface area contributed by atoms with E-state index in [0.717, 1.165) is 65.9 Å². The van der Waals surface area contributed by atoms with Gasteiger partial charge in [0, 0.05) is 24.9 Å². The lowest BCUT2D eigenvalue weighted by Crippen LogP contribution is -2.47. The Morgan fingerprint density at radius 1 is 1.19 bits per heavy atom. The van der Waals surface area contributed by atoms with Crippen molar-refractivity contribution in [2.24, 2.45) is 12.5 Å². The Bertz CT molecular complexity index is 1190. The largest absolute Gasteiger partial charge is 0.480 e. The molecule has 1 saturated carbocycles. The molecule has 1 N–H and O–H groups in total. The topological polar surface area (TPSA) is 87.0 Å². The van der Waals surface area contributed by atoms with Gasteiger partial charge in [-0.15, -0.1) is 5.10 Å². The molecule has 2 fully saturated rings. The molecule has 2 aliphatic carbocycles. The van der Waals surface area contributed by atoms with Crippen molar-refractivity contribution in [2.45, 2.75) is 38.1 Å². The van der Waals surface area contributed by atoms with Crippen molar-refractivity contribution in [3.8, 4) is 5.88 Å². The lowest BCUT2D eigenvalue weighted by atomic mass is 9.71. The fourth-order valence-electron chi connectivity index (χ4n) is 5.11. The van der Waals surface area contributed by atoms with E-state index in [9.17, 15) is 0 Å². The van der Waals surface area contributed by atoms with Crippen LogP contribution in [0.3, 0.4) is 0 Å². The summed E-state index contributed by atoms with van der Waals surface area (Å²) in [7, 11) is 3.58. The second kappa shape index (κ2) is 7.02. The maximum atomic E-state index is 5.72. The molecule has 3 aromatic rings. The number of ether oxygens (including phenoxy) is 2. The van der Waals surface area contributed by atoms with Gasteiger partial charge >= 0.3 is 0 Å². The van der Waals surface area contributed by atoms with Gasteiger partial charge in [0.2, 0.25) is 11.8 Å². The van der Waals surface area contributed by atoms with Crippen LogP contribution in [0, 0.1) is 5.41 Å². The quantitative estimate of drug-likeness (QED) is 0.696. The molecule has 0 unspecified atom stereocenters. The zero-order valence-electron chi connectivity index (χ0n) is 17.9. The van der Waals surface area contributed by atoms with Gasteiger partial charge in [0.15, 0.2) is 0 Å². The Hall–Kier alpha value is -3.00. The van der Waals surface area contributed by atoms with Crippen molar-refractivity contribution >= 4 is 22.6 Å². The monoisotopic (exact) mass is 418 g/mol. The van der Waals surface area contributed by atoms with Crippen LogP contribution in [-0.4, -0.2) is 51.3 Å². The molecule has 0 atom stereocenters. The summed E-state index contributed by atoms with van der Waals surface area (Å²) in [5, 5.41) is 11.9. The van der Waals surface area contributed by atoms with E-state index in [0.29, 0.717) is 23.3 Å². The SMILES string of the molecule is COc1nc(NC2CCC3(CC2)COC3)nc2c1C(c1ccc3nnn(C)c3c1)=CC2. The highest BCUT2D eigenvalue weighted by Crippen LogP contribution is 2.43. The summed E-state index contributed by atoms with van der Waals surface area (Å²) in [6.45, 7) is 1.86. The van der Waals surface area contributed by atoms with E-state index < -0.39 is 0 Å². The predicted octanol–water partition coefficient (Wildman–Crippen LogP) is 3.13. The summed E-state index contributed by atoms with van der Waals surface area (Å²) in [6, 6.07) is 6.60. The third-order valence-corrected chi connectivity index (χ3v) is 7.03. The van der Waals surface area contributed by atoms with Gasteiger partial charge in [0.1, 0.15) is 5.52 Å². The molecular formula is C23H26N6O2. The first kappa shape index (κ1) is 18.7. The van der Waals surface area contributed by atoms with E-state index in [2.05, 4.69) is 33.8 Å². The molecule has 1 spiro atoms. The summed E-state index contributed by atoms with van der Waals surface area (Å²) in [4.78, 5) is 9.60. The summed E-state index contributed by atoms with van der Waals surface area (Å²) < 4.78 is 13.0. The van der Waals surface area contributed by atoms with Gasteiger partial charge in [-0.05, 0) is 49.0 Å². The highest BCUT2D eigenvalue weighted by atomic mass is 16.5. The number of hydrogen-bond acceptors (Lipinski definition) is 7. The molecule has 31 heavy (non-hydrogen) atoms. The molecule has 1 aromatic carbocycles. The number of nitrogens with one attached hydrogen (secondary N) is 1. The molecule has 3 aliphatic rings. The smallest absolute Gasteiger partial charge is 0.226 e. The van der Waals surface area contributed by atoms with Crippen LogP contribution < -0.4 is 10.1 Å². The van der Waals surface area contributed by atoms with Crippen molar-refractivity contribution in [1.82, 2.24) is 25.0 Å². The molecule has 0 bridgehead atoms. The van der Waals surface area contributed by atoms with Gasteiger partial charge in [0.25, 0.3) is 0 Å². The van der Waals surface area contributed by atoms with Gasteiger partial charge in [-0.2, -0.15) is 4.98 Å². The van der Waals surface area contributed by atoms with Gasteiger partial charge in [0.05, 0.1) is 37.1 Å². The highest BCUT2D eigenvalue weighted by Gasteiger charge is 2.41. The zero-order valence-corrected chi connectivity index (χ0v) is 17.9. The maximum Gasteiger partial charge on any atom is 0.226 e.